The second-order valence-corrected chi connectivity index (χ2v) is 6.06. The van der Waals surface area contributed by atoms with Crippen molar-refractivity contribution in [3.8, 4) is 0 Å². The summed E-state index contributed by atoms with van der Waals surface area (Å²) in [5.74, 6) is 1.94. The van der Waals surface area contributed by atoms with Gasteiger partial charge in [-0.1, -0.05) is 13.8 Å². The van der Waals surface area contributed by atoms with E-state index in [1.165, 1.54) is 19.3 Å². The molecule has 2 bridgehead atoms. The van der Waals surface area contributed by atoms with E-state index in [2.05, 4.69) is 18.7 Å². The molecule has 2 aliphatic heterocycles. The van der Waals surface area contributed by atoms with Crippen LogP contribution in [0.25, 0.3) is 0 Å². The highest BCUT2D eigenvalue weighted by atomic mass is 16.2. The fourth-order valence-corrected chi connectivity index (χ4v) is 3.22. The summed E-state index contributed by atoms with van der Waals surface area (Å²) in [5.41, 5.74) is 0. The molecule has 16 heavy (non-hydrogen) atoms. The quantitative estimate of drug-likeness (QED) is 0.726. The molecule has 3 fully saturated rings. The minimum Gasteiger partial charge on any atom is -0.335 e. The van der Waals surface area contributed by atoms with Crippen molar-refractivity contribution < 1.29 is 4.79 Å². The summed E-state index contributed by atoms with van der Waals surface area (Å²) in [6.07, 6.45) is 3.71. The molecule has 0 N–H and O–H groups in total. The summed E-state index contributed by atoms with van der Waals surface area (Å²) in [7, 11) is 3.93. The topological polar surface area (TPSA) is 23.6 Å². The van der Waals surface area contributed by atoms with Crippen molar-refractivity contribution in [3.05, 3.63) is 0 Å². The highest BCUT2D eigenvalue weighted by Crippen LogP contribution is 2.43. The van der Waals surface area contributed by atoms with Gasteiger partial charge < -0.3 is 9.80 Å². The number of likely N-dealkylation sites (N-methyl/N-ethyl adjacent to an activating group) is 1. The van der Waals surface area contributed by atoms with Crippen molar-refractivity contribution >= 4 is 5.91 Å². The Bertz CT molecular complexity index is 263. The molecule has 3 nitrogen and oxygen atoms in total. The van der Waals surface area contributed by atoms with E-state index in [1.54, 1.807) is 0 Å². The predicted molar refractivity (Wildman–Crippen MR) is 65.2 cm³/mol. The highest BCUT2D eigenvalue weighted by Gasteiger charge is 2.47. The van der Waals surface area contributed by atoms with Gasteiger partial charge in [-0.15, -0.1) is 0 Å². The maximum absolute atomic E-state index is 12.0. The molecule has 92 valence electrons. The Morgan fingerprint density at radius 3 is 2.25 bits per heavy atom. The van der Waals surface area contributed by atoms with Crippen LogP contribution >= 0.6 is 0 Å². The predicted octanol–water partition coefficient (Wildman–Crippen LogP) is 1.58. The lowest BCUT2D eigenvalue weighted by molar-refractivity contribution is -0.153. The Balaban J connectivity index is 1.91. The van der Waals surface area contributed by atoms with Crippen LogP contribution in [0.2, 0.25) is 0 Å². The molecule has 3 atom stereocenters. The maximum atomic E-state index is 12.0. The average Bonchev–Trinajstić information content (AvgIpc) is 2.16. The van der Waals surface area contributed by atoms with Gasteiger partial charge in [-0.05, 0) is 45.2 Å². The smallest absolute Gasteiger partial charge is 0.237 e. The van der Waals surface area contributed by atoms with Gasteiger partial charge in [0.05, 0.1) is 6.54 Å². The van der Waals surface area contributed by atoms with Gasteiger partial charge in [0.1, 0.15) is 0 Å². The van der Waals surface area contributed by atoms with Gasteiger partial charge in [0.15, 0.2) is 0 Å². The minimum absolute atomic E-state index is 0.327. The number of carbonyl (C=O) groups excluding carboxylic acids is 1. The van der Waals surface area contributed by atoms with Crippen LogP contribution in [0, 0.1) is 11.8 Å². The Labute approximate surface area is 98.8 Å². The summed E-state index contributed by atoms with van der Waals surface area (Å²) < 4.78 is 0. The van der Waals surface area contributed by atoms with Crippen LogP contribution in [0.4, 0.5) is 0 Å². The number of fused-ring (bicyclic) bond motifs is 2. The molecule has 0 aromatic rings. The Morgan fingerprint density at radius 1 is 1.25 bits per heavy atom. The fourth-order valence-electron chi connectivity index (χ4n) is 3.22. The third kappa shape index (κ3) is 2.10. The molecule has 2 heterocycles. The zero-order valence-corrected chi connectivity index (χ0v) is 10.9. The first kappa shape index (κ1) is 11.9. The van der Waals surface area contributed by atoms with Gasteiger partial charge in [-0.25, -0.2) is 0 Å². The molecule has 1 unspecified atom stereocenters. The Hall–Kier alpha value is -0.570. The van der Waals surface area contributed by atoms with Crippen LogP contribution < -0.4 is 0 Å². The van der Waals surface area contributed by atoms with Crippen molar-refractivity contribution in [2.75, 3.05) is 20.6 Å². The monoisotopic (exact) mass is 224 g/mol. The second kappa shape index (κ2) is 4.36. The third-order valence-electron chi connectivity index (χ3n) is 4.16. The van der Waals surface area contributed by atoms with Crippen molar-refractivity contribution in [2.24, 2.45) is 11.8 Å². The molecule has 3 rings (SSSR count). The van der Waals surface area contributed by atoms with Crippen LogP contribution in [0.5, 0.6) is 0 Å². The number of hydrogen-bond acceptors (Lipinski definition) is 2. The van der Waals surface area contributed by atoms with Gasteiger partial charge in [-0.2, -0.15) is 0 Å². The lowest BCUT2D eigenvalue weighted by atomic mass is 9.70. The van der Waals surface area contributed by atoms with Gasteiger partial charge in [-0.3, -0.25) is 4.79 Å². The number of carbonyl (C=O) groups is 1. The first-order valence-corrected chi connectivity index (χ1v) is 6.45. The minimum atomic E-state index is 0.327. The summed E-state index contributed by atoms with van der Waals surface area (Å²) in [6, 6.07) is 1.11. The molecule has 3 heteroatoms. The molecule has 1 aliphatic carbocycles. The summed E-state index contributed by atoms with van der Waals surface area (Å²) >= 11 is 0. The highest BCUT2D eigenvalue weighted by molar-refractivity contribution is 5.80. The molecule has 3 aliphatic rings. The average molecular weight is 224 g/mol. The summed E-state index contributed by atoms with van der Waals surface area (Å²) in [6.45, 7) is 5.18. The SMILES string of the molecule is CC(C)C1C[C@@H]2C[C@H](C1)N2C(=O)CN(C)C. The van der Waals surface area contributed by atoms with Crippen LogP contribution in [0.1, 0.15) is 33.1 Å². The van der Waals surface area contributed by atoms with Crippen molar-refractivity contribution in [1.29, 1.82) is 0 Å². The maximum Gasteiger partial charge on any atom is 0.237 e. The molecule has 0 spiro atoms. The zero-order chi connectivity index (χ0) is 11.9. The molecule has 0 radical (unpaired) electrons. The molecule has 1 amide bonds. The zero-order valence-electron chi connectivity index (χ0n) is 10.9. The number of amides is 1. The van der Waals surface area contributed by atoms with E-state index in [0.717, 1.165) is 11.8 Å². The lowest BCUT2D eigenvalue weighted by Crippen LogP contribution is -2.64. The van der Waals surface area contributed by atoms with Crippen molar-refractivity contribution in [1.82, 2.24) is 9.80 Å². The molecule has 0 aromatic carbocycles. The standard InChI is InChI=1S/C13H24N2O/c1-9(2)10-5-11-7-12(6-10)15(11)13(16)8-14(3)4/h9-12H,5-8H2,1-4H3/t10?,11-,12+. The van der Waals surface area contributed by atoms with Crippen LogP contribution in [0.15, 0.2) is 0 Å². The van der Waals surface area contributed by atoms with E-state index in [1.807, 2.05) is 19.0 Å². The van der Waals surface area contributed by atoms with Crippen molar-refractivity contribution in [3.63, 3.8) is 0 Å². The van der Waals surface area contributed by atoms with Crippen LogP contribution in [-0.4, -0.2) is 48.4 Å². The molecule has 1 saturated carbocycles. The number of rotatable bonds is 3. The van der Waals surface area contributed by atoms with Crippen LogP contribution in [0.3, 0.4) is 0 Å². The summed E-state index contributed by atoms with van der Waals surface area (Å²) in [5, 5.41) is 0. The molecular formula is C13H24N2O. The largest absolute Gasteiger partial charge is 0.335 e. The van der Waals surface area contributed by atoms with E-state index < -0.39 is 0 Å². The molecule has 2 saturated heterocycles. The summed E-state index contributed by atoms with van der Waals surface area (Å²) in [4.78, 5) is 16.1. The number of nitrogens with zero attached hydrogens (tertiary/aromatic N) is 2. The van der Waals surface area contributed by atoms with Gasteiger partial charge in [0, 0.05) is 12.1 Å². The van der Waals surface area contributed by atoms with Gasteiger partial charge in [0.25, 0.3) is 0 Å². The number of hydrogen-bond donors (Lipinski definition) is 0. The normalized spacial score (nSPS) is 33.1. The number of piperidine rings is 1. The fraction of sp³-hybridized carbons (Fsp3) is 0.923. The van der Waals surface area contributed by atoms with Crippen LogP contribution in [-0.2, 0) is 4.79 Å². The van der Waals surface area contributed by atoms with Gasteiger partial charge >= 0.3 is 0 Å². The van der Waals surface area contributed by atoms with E-state index in [9.17, 15) is 4.79 Å². The van der Waals surface area contributed by atoms with E-state index in [4.69, 9.17) is 0 Å². The Morgan fingerprint density at radius 2 is 1.81 bits per heavy atom. The van der Waals surface area contributed by atoms with E-state index in [-0.39, 0.29) is 0 Å². The Kier molecular flexibility index (Phi) is 3.24. The first-order chi connectivity index (χ1) is 7.49. The second-order valence-electron chi connectivity index (χ2n) is 6.06. The lowest BCUT2D eigenvalue weighted by Gasteiger charge is -2.56. The van der Waals surface area contributed by atoms with E-state index in [0.29, 0.717) is 24.5 Å². The van der Waals surface area contributed by atoms with Crippen molar-refractivity contribution in [2.45, 2.75) is 45.2 Å². The molecule has 0 aromatic heterocycles. The van der Waals surface area contributed by atoms with E-state index >= 15 is 0 Å². The third-order valence-corrected chi connectivity index (χ3v) is 4.16. The first-order valence-electron chi connectivity index (χ1n) is 6.45. The molecular weight excluding hydrogens is 200 g/mol. The van der Waals surface area contributed by atoms with Gasteiger partial charge in [0.2, 0.25) is 5.91 Å².